The van der Waals surface area contributed by atoms with Crippen molar-refractivity contribution in [1.29, 1.82) is 0 Å². The summed E-state index contributed by atoms with van der Waals surface area (Å²) in [6.07, 6.45) is 5.10. The Bertz CT molecular complexity index is 628. The van der Waals surface area contributed by atoms with Gasteiger partial charge in [-0.15, -0.1) is 0 Å². The van der Waals surface area contributed by atoms with Gasteiger partial charge in [-0.1, -0.05) is 6.92 Å². The molecule has 0 spiro atoms. The van der Waals surface area contributed by atoms with E-state index in [0.29, 0.717) is 35.7 Å². The summed E-state index contributed by atoms with van der Waals surface area (Å²) in [4.78, 5) is 30.2. The molecule has 0 aromatic rings. The number of likely N-dealkylation sites (N-methyl/N-ethyl adjacent to an activating group) is 1. The first-order valence-corrected chi connectivity index (χ1v) is 11.6. The number of hydrogen-bond donors (Lipinski definition) is 3. The zero-order valence-corrected chi connectivity index (χ0v) is 18.5. The molecular formula is C22H39N5O2. The second kappa shape index (κ2) is 8.52. The fourth-order valence-electron chi connectivity index (χ4n) is 6.28. The molecule has 0 aromatic heterocycles. The largest absolute Gasteiger partial charge is 0.352 e. The van der Waals surface area contributed by atoms with Crippen molar-refractivity contribution in [2.45, 2.75) is 70.1 Å². The minimum absolute atomic E-state index is 0.0990. The number of piperidine rings is 2. The fourth-order valence-corrected chi connectivity index (χ4v) is 6.28. The van der Waals surface area contributed by atoms with Gasteiger partial charge in [-0.05, 0) is 63.8 Å². The van der Waals surface area contributed by atoms with Gasteiger partial charge in [0, 0.05) is 50.8 Å². The van der Waals surface area contributed by atoms with Gasteiger partial charge in [-0.25, -0.2) is 0 Å². The van der Waals surface area contributed by atoms with Crippen LogP contribution >= 0.6 is 0 Å². The lowest BCUT2D eigenvalue weighted by Gasteiger charge is -2.50. The lowest BCUT2D eigenvalue weighted by Crippen LogP contribution is -2.60. The Balaban J connectivity index is 1.40. The van der Waals surface area contributed by atoms with Gasteiger partial charge in [0.1, 0.15) is 6.04 Å². The van der Waals surface area contributed by atoms with E-state index in [1.165, 1.54) is 0 Å². The highest BCUT2D eigenvalue weighted by atomic mass is 16.2. The summed E-state index contributed by atoms with van der Waals surface area (Å²) in [5.74, 6) is 2.01. The third-order valence-electron chi connectivity index (χ3n) is 8.13. The standard InChI is InChI=1S/C22H39N5O2/c1-13-5-6-16(25-21(28)19-11-26(3)12-24-19)9-17(13)18-8-15-10-23-14(2)7-20(15)27(4)22(18)29/h13-20,23-24H,5-12H2,1-4H3,(H,25,28). The number of nitrogens with zero attached hydrogens (tertiary/aromatic N) is 2. The minimum atomic E-state index is -0.115. The first kappa shape index (κ1) is 21.1. The SMILES string of the molecule is CC1CC2C(CN1)CC(C1CC(NC(=O)C3CN(C)CN3)CCC1C)C(=O)N2C. The molecular weight excluding hydrogens is 366 g/mol. The molecule has 3 N–H and O–H groups in total. The van der Waals surface area contributed by atoms with Gasteiger partial charge in [-0.3, -0.25) is 19.8 Å². The zero-order chi connectivity index (χ0) is 20.7. The van der Waals surface area contributed by atoms with Crippen LogP contribution in [0.4, 0.5) is 0 Å². The van der Waals surface area contributed by atoms with Crippen LogP contribution in [0.5, 0.6) is 0 Å². The zero-order valence-electron chi connectivity index (χ0n) is 18.5. The molecule has 8 unspecified atom stereocenters. The Hall–Kier alpha value is -1.18. The van der Waals surface area contributed by atoms with E-state index in [1.807, 2.05) is 14.1 Å². The predicted molar refractivity (Wildman–Crippen MR) is 113 cm³/mol. The van der Waals surface area contributed by atoms with Gasteiger partial charge in [0.2, 0.25) is 11.8 Å². The Labute approximate surface area is 175 Å². The maximum absolute atomic E-state index is 13.3. The number of likely N-dealkylation sites (tertiary alicyclic amines) is 1. The van der Waals surface area contributed by atoms with Gasteiger partial charge in [-0.2, -0.15) is 0 Å². The number of carbonyl (C=O) groups is 2. The van der Waals surface area contributed by atoms with Crippen LogP contribution in [0.15, 0.2) is 0 Å². The van der Waals surface area contributed by atoms with E-state index >= 15 is 0 Å². The smallest absolute Gasteiger partial charge is 0.238 e. The summed E-state index contributed by atoms with van der Waals surface area (Å²) in [5, 5.41) is 10.2. The van der Waals surface area contributed by atoms with E-state index in [0.717, 1.165) is 51.9 Å². The molecule has 0 aromatic carbocycles. The monoisotopic (exact) mass is 405 g/mol. The van der Waals surface area contributed by atoms with Crippen LogP contribution in [0, 0.1) is 23.7 Å². The van der Waals surface area contributed by atoms with Crippen molar-refractivity contribution >= 4 is 11.8 Å². The van der Waals surface area contributed by atoms with Crippen LogP contribution < -0.4 is 16.0 Å². The highest BCUT2D eigenvalue weighted by Gasteiger charge is 2.47. The molecule has 0 radical (unpaired) electrons. The maximum Gasteiger partial charge on any atom is 0.238 e. The Morgan fingerprint density at radius 1 is 1.10 bits per heavy atom. The molecule has 7 nitrogen and oxygen atoms in total. The van der Waals surface area contributed by atoms with Crippen LogP contribution in [0.2, 0.25) is 0 Å². The van der Waals surface area contributed by atoms with E-state index in [4.69, 9.17) is 0 Å². The molecule has 164 valence electrons. The van der Waals surface area contributed by atoms with Crippen LogP contribution in [-0.2, 0) is 9.59 Å². The van der Waals surface area contributed by atoms with Crippen LogP contribution in [-0.4, -0.2) is 79.6 Å². The summed E-state index contributed by atoms with van der Waals surface area (Å²) in [7, 11) is 4.04. The predicted octanol–water partition coefficient (Wildman–Crippen LogP) is 0.613. The van der Waals surface area contributed by atoms with Crippen molar-refractivity contribution in [2.24, 2.45) is 23.7 Å². The molecule has 3 aliphatic heterocycles. The van der Waals surface area contributed by atoms with Crippen LogP contribution in [0.25, 0.3) is 0 Å². The van der Waals surface area contributed by atoms with Gasteiger partial charge in [0.25, 0.3) is 0 Å². The van der Waals surface area contributed by atoms with E-state index in [9.17, 15) is 9.59 Å². The van der Waals surface area contributed by atoms with E-state index in [2.05, 4.69) is 39.6 Å². The molecule has 8 atom stereocenters. The third-order valence-corrected chi connectivity index (χ3v) is 8.13. The normalized spacial score (nSPS) is 43.9. The Morgan fingerprint density at radius 3 is 2.62 bits per heavy atom. The van der Waals surface area contributed by atoms with Crippen LogP contribution in [0.3, 0.4) is 0 Å². The number of carbonyl (C=O) groups excluding carboxylic acids is 2. The molecule has 2 amide bonds. The van der Waals surface area contributed by atoms with Crippen molar-refractivity contribution in [3.8, 4) is 0 Å². The number of rotatable bonds is 3. The first-order valence-electron chi connectivity index (χ1n) is 11.6. The Morgan fingerprint density at radius 2 is 1.90 bits per heavy atom. The maximum atomic E-state index is 13.3. The average Bonchev–Trinajstić information content (AvgIpc) is 3.13. The molecule has 3 saturated heterocycles. The fraction of sp³-hybridized carbons (Fsp3) is 0.909. The van der Waals surface area contributed by atoms with Crippen molar-refractivity contribution < 1.29 is 9.59 Å². The Kier molecular flexibility index (Phi) is 6.19. The number of nitrogens with one attached hydrogen (secondary N) is 3. The quantitative estimate of drug-likeness (QED) is 0.642. The summed E-state index contributed by atoms with van der Waals surface area (Å²) in [6, 6.07) is 0.947. The van der Waals surface area contributed by atoms with Crippen molar-refractivity contribution in [3.63, 3.8) is 0 Å². The second-order valence-electron chi connectivity index (χ2n) is 10.3. The number of hydrogen-bond acceptors (Lipinski definition) is 5. The van der Waals surface area contributed by atoms with E-state index in [-0.39, 0.29) is 23.9 Å². The molecule has 29 heavy (non-hydrogen) atoms. The van der Waals surface area contributed by atoms with Gasteiger partial charge in [0.15, 0.2) is 0 Å². The summed E-state index contributed by atoms with van der Waals surface area (Å²) in [6.45, 7) is 7.06. The third kappa shape index (κ3) is 4.32. The lowest BCUT2D eigenvalue weighted by molar-refractivity contribution is -0.148. The van der Waals surface area contributed by atoms with Gasteiger partial charge in [0.05, 0.1) is 0 Å². The van der Waals surface area contributed by atoms with Gasteiger partial charge < -0.3 is 15.5 Å². The minimum Gasteiger partial charge on any atom is -0.352 e. The van der Waals surface area contributed by atoms with Crippen molar-refractivity contribution in [2.75, 3.05) is 33.9 Å². The summed E-state index contributed by atoms with van der Waals surface area (Å²) in [5.41, 5.74) is 0. The van der Waals surface area contributed by atoms with Crippen molar-refractivity contribution in [1.82, 2.24) is 25.8 Å². The molecule has 4 aliphatic rings. The molecule has 1 saturated carbocycles. The molecule has 1 aliphatic carbocycles. The number of amides is 2. The van der Waals surface area contributed by atoms with E-state index < -0.39 is 0 Å². The molecule has 0 bridgehead atoms. The van der Waals surface area contributed by atoms with Crippen molar-refractivity contribution in [3.05, 3.63) is 0 Å². The molecule has 4 fully saturated rings. The average molecular weight is 406 g/mol. The highest BCUT2D eigenvalue weighted by Crippen LogP contribution is 2.43. The second-order valence-corrected chi connectivity index (χ2v) is 10.3. The number of fused-ring (bicyclic) bond motifs is 1. The topological polar surface area (TPSA) is 76.7 Å². The molecule has 4 rings (SSSR count). The van der Waals surface area contributed by atoms with Gasteiger partial charge >= 0.3 is 0 Å². The summed E-state index contributed by atoms with van der Waals surface area (Å²) < 4.78 is 0. The van der Waals surface area contributed by atoms with Crippen LogP contribution in [0.1, 0.15) is 46.0 Å². The summed E-state index contributed by atoms with van der Waals surface area (Å²) >= 11 is 0. The lowest BCUT2D eigenvalue weighted by atomic mass is 9.65. The first-order chi connectivity index (χ1) is 13.8. The van der Waals surface area contributed by atoms with E-state index in [1.54, 1.807) is 0 Å². The molecule has 7 heteroatoms. The highest BCUT2D eigenvalue weighted by molar-refractivity contribution is 5.83. The molecule has 3 heterocycles.